The third kappa shape index (κ3) is 3.80. The van der Waals surface area contributed by atoms with E-state index >= 15 is 0 Å². The van der Waals surface area contributed by atoms with Crippen molar-refractivity contribution in [1.29, 1.82) is 0 Å². The Bertz CT molecular complexity index is 939. The Morgan fingerprint density at radius 1 is 1.06 bits per heavy atom. The number of ether oxygens (including phenoxy) is 2. The maximum atomic E-state index is 12.7. The second kappa shape index (κ2) is 7.58. The van der Waals surface area contributed by atoms with Crippen molar-refractivity contribution in [3.8, 4) is 5.75 Å². The average molecular weight is 472 g/mol. The number of nitrogens with one attached hydrogen (secondary N) is 1. The summed E-state index contributed by atoms with van der Waals surface area (Å²) in [6, 6.07) is 7.50. The molecule has 5 aliphatic carbocycles. The summed E-state index contributed by atoms with van der Waals surface area (Å²) in [5.41, 5.74) is 0.449. The summed E-state index contributed by atoms with van der Waals surface area (Å²) in [5.74, 6) is 0.120. The van der Waals surface area contributed by atoms with Crippen LogP contribution in [0.2, 0.25) is 0 Å². The van der Waals surface area contributed by atoms with Gasteiger partial charge in [0.05, 0.1) is 0 Å². The van der Waals surface area contributed by atoms with Crippen LogP contribution in [0.1, 0.15) is 90.0 Å². The van der Waals surface area contributed by atoms with E-state index in [1.165, 1.54) is 5.56 Å². The molecule has 7 rings (SSSR count). The molecule has 2 N–H and O–H groups in total. The quantitative estimate of drug-likeness (QED) is 0.552. The van der Waals surface area contributed by atoms with E-state index in [0.29, 0.717) is 11.8 Å². The van der Waals surface area contributed by atoms with E-state index in [2.05, 4.69) is 5.32 Å². The first-order chi connectivity index (χ1) is 16.1. The Balaban J connectivity index is 1.19. The predicted molar refractivity (Wildman–Crippen MR) is 124 cm³/mol. The van der Waals surface area contributed by atoms with Crippen molar-refractivity contribution in [2.75, 3.05) is 0 Å². The molecule has 186 valence electrons. The number of phenols is 1. The molecule has 0 aromatic heterocycles. The van der Waals surface area contributed by atoms with Crippen LogP contribution in [0, 0.1) is 17.8 Å². The van der Waals surface area contributed by atoms with Crippen LogP contribution in [0.4, 0.5) is 4.79 Å². The zero-order valence-corrected chi connectivity index (χ0v) is 20.5. The van der Waals surface area contributed by atoms with E-state index in [9.17, 15) is 9.90 Å². The molecule has 3 unspecified atom stereocenters. The van der Waals surface area contributed by atoms with E-state index in [0.717, 1.165) is 57.8 Å². The fraction of sp³-hybridized carbons (Fsp3) is 0.741. The van der Waals surface area contributed by atoms with Crippen molar-refractivity contribution in [2.24, 2.45) is 17.8 Å². The van der Waals surface area contributed by atoms with Gasteiger partial charge >= 0.3 is 6.09 Å². The fourth-order valence-corrected chi connectivity index (χ4v) is 7.77. The van der Waals surface area contributed by atoms with Gasteiger partial charge < -0.3 is 19.9 Å². The van der Waals surface area contributed by atoms with Gasteiger partial charge in [-0.25, -0.2) is 4.79 Å². The van der Waals surface area contributed by atoms with E-state index in [1.807, 2.05) is 32.9 Å². The molecule has 1 aromatic carbocycles. The van der Waals surface area contributed by atoms with Gasteiger partial charge in [0, 0.05) is 30.2 Å². The topological polar surface area (TPSA) is 86.3 Å². The van der Waals surface area contributed by atoms with Crippen LogP contribution in [-0.2, 0) is 19.2 Å². The lowest BCUT2D eigenvalue weighted by Gasteiger charge is -2.62. The van der Waals surface area contributed by atoms with Gasteiger partial charge in [0.1, 0.15) is 11.4 Å². The lowest BCUT2D eigenvalue weighted by atomic mass is 9.50. The molecule has 34 heavy (non-hydrogen) atoms. The average Bonchev–Trinajstić information content (AvgIpc) is 3.10. The molecule has 4 bridgehead atoms. The molecule has 7 heteroatoms. The number of alkyl carbamates (subject to hydrolysis) is 1. The molecule has 1 amide bonds. The van der Waals surface area contributed by atoms with Crippen molar-refractivity contribution in [1.82, 2.24) is 5.32 Å². The molecule has 1 saturated heterocycles. The molecule has 6 fully saturated rings. The Hall–Kier alpha value is -1.83. The molecular weight excluding hydrogens is 434 g/mol. The largest absolute Gasteiger partial charge is 0.508 e. The highest BCUT2D eigenvalue weighted by Crippen LogP contribution is 2.65. The monoisotopic (exact) mass is 471 g/mol. The molecule has 1 aliphatic heterocycles. The summed E-state index contributed by atoms with van der Waals surface area (Å²) >= 11 is 0. The molecule has 7 atom stereocenters. The third-order valence-corrected chi connectivity index (χ3v) is 8.80. The van der Waals surface area contributed by atoms with Gasteiger partial charge in [-0.05, 0) is 95.2 Å². The Morgan fingerprint density at radius 2 is 1.76 bits per heavy atom. The van der Waals surface area contributed by atoms with Gasteiger partial charge in [-0.2, -0.15) is 9.78 Å². The number of carbonyl (C=O) groups is 1. The van der Waals surface area contributed by atoms with E-state index in [1.54, 1.807) is 12.1 Å². The van der Waals surface area contributed by atoms with Gasteiger partial charge in [0.15, 0.2) is 0 Å². The third-order valence-electron chi connectivity index (χ3n) is 8.80. The van der Waals surface area contributed by atoms with Gasteiger partial charge in [-0.3, -0.25) is 0 Å². The van der Waals surface area contributed by atoms with Crippen molar-refractivity contribution in [3.63, 3.8) is 0 Å². The summed E-state index contributed by atoms with van der Waals surface area (Å²) < 4.78 is 12.5. The molecule has 2 spiro atoms. The van der Waals surface area contributed by atoms with E-state index in [4.69, 9.17) is 19.2 Å². The summed E-state index contributed by atoms with van der Waals surface area (Å²) in [4.78, 5) is 25.0. The van der Waals surface area contributed by atoms with Crippen LogP contribution in [0.5, 0.6) is 5.75 Å². The van der Waals surface area contributed by atoms with Gasteiger partial charge in [-0.15, -0.1) is 0 Å². The van der Waals surface area contributed by atoms with Crippen LogP contribution in [0.3, 0.4) is 0 Å². The maximum Gasteiger partial charge on any atom is 0.408 e. The molecule has 5 saturated carbocycles. The Labute approximate surface area is 201 Å². The number of aromatic hydroxyl groups is 1. The maximum absolute atomic E-state index is 12.7. The number of hydrogen-bond acceptors (Lipinski definition) is 6. The second-order valence-corrected chi connectivity index (χ2v) is 12.5. The zero-order chi connectivity index (χ0) is 23.8. The van der Waals surface area contributed by atoms with Gasteiger partial charge in [-0.1, -0.05) is 12.1 Å². The Kier molecular flexibility index (Phi) is 5.05. The highest BCUT2D eigenvalue weighted by molar-refractivity contribution is 5.69. The fourth-order valence-electron chi connectivity index (χ4n) is 7.77. The molecule has 7 nitrogen and oxygen atoms in total. The lowest BCUT2D eigenvalue weighted by Crippen LogP contribution is -2.69. The molecule has 1 heterocycles. The molecule has 0 radical (unpaired) electrons. The summed E-state index contributed by atoms with van der Waals surface area (Å²) in [5, 5.41) is 12.9. The van der Waals surface area contributed by atoms with Crippen molar-refractivity contribution < 1.29 is 29.1 Å². The highest BCUT2D eigenvalue weighted by Gasteiger charge is 2.70. The minimum absolute atomic E-state index is 0.196. The molecule has 6 aliphatic rings. The van der Waals surface area contributed by atoms with Crippen molar-refractivity contribution >= 4 is 6.09 Å². The zero-order valence-electron chi connectivity index (χ0n) is 20.5. The van der Waals surface area contributed by atoms with Crippen LogP contribution in [0.15, 0.2) is 24.3 Å². The first kappa shape index (κ1) is 22.6. The van der Waals surface area contributed by atoms with Crippen molar-refractivity contribution in [3.05, 3.63) is 29.8 Å². The predicted octanol–water partition coefficient (Wildman–Crippen LogP) is 5.52. The molecule has 1 aromatic rings. The normalized spacial score (nSPS) is 42.9. The Morgan fingerprint density at radius 3 is 2.44 bits per heavy atom. The number of phenolic OH excluding ortho intramolecular Hbond substituents is 1. The first-order valence-electron chi connectivity index (χ1n) is 12.9. The van der Waals surface area contributed by atoms with Crippen LogP contribution >= 0.6 is 0 Å². The smallest absolute Gasteiger partial charge is 0.408 e. The SMILES string of the molecule is CC(C)(C)OC(=O)NC12CC3C[C@H](C1)C1(OO[C@@]4(CCC[C@@H](c5ccc(O)cc5)C4)O1)[C@@H](C3)C2. The minimum Gasteiger partial charge on any atom is -0.508 e. The summed E-state index contributed by atoms with van der Waals surface area (Å²) in [7, 11) is 0. The highest BCUT2D eigenvalue weighted by atomic mass is 17.3. The lowest BCUT2D eigenvalue weighted by molar-refractivity contribution is -0.391. The van der Waals surface area contributed by atoms with Crippen LogP contribution in [-0.4, -0.2) is 33.9 Å². The number of rotatable bonds is 2. The van der Waals surface area contributed by atoms with E-state index < -0.39 is 17.2 Å². The van der Waals surface area contributed by atoms with Gasteiger partial charge in [0.25, 0.3) is 0 Å². The van der Waals surface area contributed by atoms with Crippen LogP contribution < -0.4 is 5.32 Å². The summed E-state index contributed by atoms with van der Waals surface area (Å²) in [6.45, 7) is 5.69. The van der Waals surface area contributed by atoms with Crippen molar-refractivity contribution in [2.45, 2.75) is 107 Å². The van der Waals surface area contributed by atoms with Gasteiger partial charge in [0.2, 0.25) is 11.6 Å². The standard InChI is InChI=1S/C27H37NO6/c1-24(2,3)31-23(30)28-25-13-17-11-20(15-25)27(21(12-17)16-25)32-26(33-34-27)10-4-5-19(14-26)18-6-8-22(29)9-7-18/h6-9,17,19-21,29H,4-5,10-16H2,1-3H3,(H,28,30)/t17?,19-,20-,21+,25?,26-,27?/m1/s1. The van der Waals surface area contributed by atoms with Crippen LogP contribution in [0.25, 0.3) is 0 Å². The number of amides is 1. The molecular formula is C27H37NO6. The first-order valence-corrected chi connectivity index (χ1v) is 12.9. The second-order valence-electron chi connectivity index (χ2n) is 12.5. The number of hydrogen-bond donors (Lipinski definition) is 2. The number of carbonyl (C=O) groups excluding carboxylic acids is 1. The van der Waals surface area contributed by atoms with E-state index in [-0.39, 0.29) is 29.2 Å². The summed E-state index contributed by atoms with van der Waals surface area (Å²) in [6.07, 6.45) is 8.11. The minimum atomic E-state index is -0.720. The number of benzene rings is 1.